The molecule has 3 rings (SSSR count). The lowest BCUT2D eigenvalue weighted by atomic mass is 10.1. The molecule has 0 aliphatic heterocycles. The molecule has 0 radical (unpaired) electrons. The van der Waals surface area contributed by atoms with E-state index >= 15 is 0 Å². The van der Waals surface area contributed by atoms with Crippen molar-refractivity contribution in [1.82, 2.24) is 9.55 Å². The van der Waals surface area contributed by atoms with Crippen LogP contribution in [0.15, 0.2) is 48.9 Å². The first-order chi connectivity index (χ1) is 10.2. The molecule has 2 aromatic heterocycles. The second kappa shape index (κ2) is 5.28. The van der Waals surface area contributed by atoms with E-state index in [-0.39, 0.29) is 5.97 Å². The summed E-state index contributed by atoms with van der Waals surface area (Å²) in [7, 11) is 1.37. The van der Waals surface area contributed by atoms with Gasteiger partial charge in [-0.2, -0.15) is 0 Å². The molecule has 0 saturated carbocycles. The number of aromatic nitrogens is 2. The first kappa shape index (κ1) is 13.2. The fourth-order valence-corrected chi connectivity index (χ4v) is 2.42. The summed E-state index contributed by atoms with van der Waals surface area (Å²) in [5, 5.41) is 0.833. The standard InChI is InChI=1S/C16H15N3O2/c1-21-16(20)14-7-12(17)8-15-13(14)4-6-19(15)10-11-3-2-5-18-9-11/h2-9H,10,17H2,1H3. The lowest BCUT2D eigenvalue weighted by Gasteiger charge is -2.08. The van der Waals surface area contributed by atoms with Gasteiger partial charge in [-0.3, -0.25) is 4.98 Å². The van der Waals surface area contributed by atoms with Crippen LogP contribution in [-0.2, 0) is 11.3 Å². The van der Waals surface area contributed by atoms with Crippen LogP contribution in [0.4, 0.5) is 5.69 Å². The van der Waals surface area contributed by atoms with E-state index in [1.165, 1.54) is 7.11 Å². The maximum atomic E-state index is 11.9. The highest BCUT2D eigenvalue weighted by molar-refractivity contribution is 6.05. The molecule has 5 nitrogen and oxygen atoms in total. The highest BCUT2D eigenvalue weighted by Gasteiger charge is 2.14. The van der Waals surface area contributed by atoms with Crippen molar-refractivity contribution in [1.29, 1.82) is 0 Å². The van der Waals surface area contributed by atoms with Crippen LogP contribution in [-0.4, -0.2) is 22.6 Å². The van der Waals surface area contributed by atoms with E-state index in [4.69, 9.17) is 10.5 Å². The van der Waals surface area contributed by atoms with Crippen LogP contribution in [0.1, 0.15) is 15.9 Å². The number of benzene rings is 1. The second-order valence-corrected chi connectivity index (χ2v) is 4.80. The number of anilines is 1. The van der Waals surface area contributed by atoms with Gasteiger partial charge in [0.1, 0.15) is 0 Å². The van der Waals surface area contributed by atoms with Gasteiger partial charge in [0.25, 0.3) is 0 Å². The van der Waals surface area contributed by atoms with E-state index in [1.54, 1.807) is 12.3 Å². The molecule has 2 N–H and O–H groups in total. The van der Waals surface area contributed by atoms with Crippen molar-refractivity contribution < 1.29 is 9.53 Å². The molecule has 0 atom stereocenters. The number of pyridine rings is 1. The zero-order valence-corrected chi connectivity index (χ0v) is 11.6. The summed E-state index contributed by atoms with van der Waals surface area (Å²) < 4.78 is 6.85. The maximum Gasteiger partial charge on any atom is 0.338 e. The molecular formula is C16H15N3O2. The number of nitrogens with zero attached hydrogens (tertiary/aromatic N) is 2. The van der Waals surface area contributed by atoms with Crippen molar-refractivity contribution in [2.24, 2.45) is 0 Å². The molecule has 0 aliphatic carbocycles. The fraction of sp³-hybridized carbons (Fsp3) is 0.125. The third-order valence-corrected chi connectivity index (χ3v) is 3.39. The third kappa shape index (κ3) is 2.45. The molecular weight excluding hydrogens is 266 g/mol. The minimum atomic E-state index is -0.383. The highest BCUT2D eigenvalue weighted by atomic mass is 16.5. The van der Waals surface area contributed by atoms with Crippen LogP contribution in [0.5, 0.6) is 0 Å². The fourth-order valence-electron chi connectivity index (χ4n) is 2.42. The minimum Gasteiger partial charge on any atom is -0.465 e. The van der Waals surface area contributed by atoms with Crippen molar-refractivity contribution in [2.45, 2.75) is 6.54 Å². The molecule has 0 amide bonds. The Morgan fingerprint density at radius 2 is 2.24 bits per heavy atom. The Morgan fingerprint density at radius 1 is 1.38 bits per heavy atom. The van der Waals surface area contributed by atoms with E-state index in [1.807, 2.05) is 41.2 Å². The number of nitrogen functional groups attached to an aromatic ring is 1. The number of fused-ring (bicyclic) bond motifs is 1. The van der Waals surface area contributed by atoms with Gasteiger partial charge >= 0.3 is 5.97 Å². The summed E-state index contributed by atoms with van der Waals surface area (Å²) in [4.78, 5) is 16.0. The van der Waals surface area contributed by atoms with Crippen LogP contribution in [0, 0.1) is 0 Å². The summed E-state index contributed by atoms with van der Waals surface area (Å²) in [6.45, 7) is 0.668. The molecule has 3 aromatic rings. The van der Waals surface area contributed by atoms with Gasteiger partial charge < -0.3 is 15.0 Å². The Balaban J connectivity index is 2.10. The number of carbonyl (C=O) groups excluding carboxylic acids is 1. The summed E-state index contributed by atoms with van der Waals surface area (Å²) in [5.41, 5.74) is 8.91. The number of esters is 1. The van der Waals surface area contributed by atoms with Gasteiger partial charge in [-0.1, -0.05) is 6.07 Å². The monoisotopic (exact) mass is 281 g/mol. The van der Waals surface area contributed by atoms with Gasteiger partial charge in [0.2, 0.25) is 0 Å². The van der Waals surface area contributed by atoms with Gasteiger partial charge in [0, 0.05) is 36.2 Å². The average Bonchev–Trinajstić information content (AvgIpc) is 2.89. The number of carbonyl (C=O) groups is 1. The summed E-state index contributed by atoms with van der Waals surface area (Å²) in [6.07, 6.45) is 5.49. The third-order valence-electron chi connectivity index (χ3n) is 3.39. The Labute approximate surface area is 122 Å². The van der Waals surface area contributed by atoms with Crippen LogP contribution in [0.3, 0.4) is 0 Å². The van der Waals surface area contributed by atoms with Gasteiger partial charge in [0.05, 0.1) is 18.2 Å². The smallest absolute Gasteiger partial charge is 0.338 e. The van der Waals surface area contributed by atoms with E-state index in [2.05, 4.69) is 4.98 Å². The van der Waals surface area contributed by atoms with Gasteiger partial charge in [-0.05, 0) is 29.8 Å². The Kier molecular flexibility index (Phi) is 3.31. The van der Waals surface area contributed by atoms with Gasteiger partial charge in [-0.15, -0.1) is 0 Å². The molecule has 0 fully saturated rings. The molecule has 21 heavy (non-hydrogen) atoms. The Hall–Kier alpha value is -2.82. The lowest BCUT2D eigenvalue weighted by molar-refractivity contribution is 0.0603. The Bertz CT molecular complexity index is 794. The van der Waals surface area contributed by atoms with Crippen LogP contribution in [0.2, 0.25) is 0 Å². The van der Waals surface area contributed by atoms with Gasteiger partial charge in [0.15, 0.2) is 0 Å². The molecule has 0 bridgehead atoms. The molecule has 106 valence electrons. The van der Waals surface area contributed by atoms with Crippen LogP contribution >= 0.6 is 0 Å². The lowest BCUT2D eigenvalue weighted by Crippen LogP contribution is -2.04. The van der Waals surface area contributed by atoms with E-state index < -0.39 is 0 Å². The number of rotatable bonds is 3. The summed E-state index contributed by atoms with van der Waals surface area (Å²) in [6, 6.07) is 9.31. The number of nitrogens with two attached hydrogens (primary N) is 1. The largest absolute Gasteiger partial charge is 0.465 e. The molecule has 0 unspecified atom stereocenters. The van der Waals surface area contributed by atoms with Crippen molar-refractivity contribution in [3.63, 3.8) is 0 Å². The molecule has 0 aliphatic rings. The maximum absolute atomic E-state index is 11.9. The van der Waals surface area contributed by atoms with Crippen LogP contribution in [0.25, 0.3) is 10.9 Å². The second-order valence-electron chi connectivity index (χ2n) is 4.80. The predicted molar refractivity (Wildman–Crippen MR) is 81.0 cm³/mol. The number of hydrogen-bond donors (Lipinski definition) is 1. The topological polar surface area (TPSA) is 70.1 Å². The molecule has 2 heterocycles. The number of hydrogen-bond acceptors (Lipinski definition) is 4. The zero-order valence-electron chi connectivity index (χ0n) is 11.6. The van der Waals surface area contributed by atoms with Crippen molar-refractivity contribution >= 4 is 22.6 Å². The minimum absolute atomic E-state index is 0.383. The van der Waals surface area contributed by atoms with E-state index in [0.29, 0.717) is 17.8 Å². The van der Waals surface area contributed by atoms with Crippen molar-refractivity contribution in [3.05, 3.63) is 60.0 Å². The van der Waals surface area contributed by atoms with Crippen LogP contribution < -0.4 is 5.73 Å². The quantitative estimate of drug-likeness (QED) is 0.591. The summed E-state index contributed by atoms with van der Waals surface area (Å²) >= 11 is 0. The SMILES string of the molecule is COC(=O)c1cc(N)cc2c1ccn2Cc1cccnc1. The molecule has 5 heteroatoms. The van der Waals surface area contributed by atoms with E-state index in [0.717, 1.165) is 16.5 Å². The molecule has 0 spiro atoms. The Morgan fingerprint density at radius 3 is 2.95 bits per heavy atom. The first-order valence-electron chi connectivity index (χ1n) is 6.54. The van der Waals surface area contributed by atoms with Gasteiger partial charge in [-0.25, -0.2) is 4.79 Å². The number of ether oxygens (including phenoxy) is 1. The molecule has 1 aromatic carbocycles. The van der Waals surface area contributed by atoms with Crippen molar-refractivity contribution in [2.75, 3.05) is 12.8 Å². The zero-order chi connectivity index (χ0) is 14.8. The highest BCUT2D eigenvalue weighted by Crippen LogP contribution is 2.25. The number of methoxy groups -OCH3 is 1. The van der Waals surface area contributed by atoms with E-state index in [9.17, 15) is 4.79 Å². The summed E-state index contributed by atoms with van der Waals surface area (Å²) in [5.74, 6) is -0.383. The molecule has 0 saturated heterocycles. The normalized spacial score (nSPS) is 10.7. The first-order valence-corrected chi connectivity index (χ1v) is 6.54. The predicted octanol–water partition coefficient (Wildman–Crippen LogP) is 2.45. The average molecular weight is 281 g/mol. The van der Waals surface area contributed by atoms with Crippen molar-refractivity contribution in [3.8, 4) is 0 Å².